The number of amides is 1. The molecule has 1 aromatic carbocycles. The summed E-state index contributed by atoms with van der Waals surface area (Å²) in [5, 5.41) is 9.92. The highest BCUT2D eigenvalue weighted by Gasteiger charge is 2.34. The van der Waals surface area contributed by atoms with Crippen LogP contribution in [0.4, 0.5) is 0 Å². The van der Waals surface area contributed by atoms with Gasteiger partial charge in [-0.2, -0.15) is 0 Å². The molecule has 0 atom stereocenters. The molecule has 7 nitrogen and oxygen atoms in total. The Balaban J connectivity index is 2.37. The Bertz CT molecular complexity index is 1110. The number of nitrogens with two attached hydrogens (primary N) is 1. The number of aliphatic carboxylic acids is 1. The third-order valence-corrected chi connectivity index (χ3v) is 5.75. The molecule has 0 aliphatic carbocycles. The van der Waals surface area contributed by atoms with E-state index >= 15 is 0 Å². The number of hydrogen-bond acceptors (Lipinski definition) is 5. The molecule has 3 N–H and O–H groups in total. The highest BCUT2D eigenvalue weighted by atomic mass is 32.1. The quantitative estimate of drug-likeness (QED) is 0.699. The molecule has 3 aromatic rings. The number of primary amides is 1. The number of benzene rings is 1. The van der Waals surface area contributed by atoms with Crippen LogP contribution in [-0.4, -0.2) is 26.5 Å². The summed E-state index contributed by atoms with van der Waals surface area (Å²) in [6, 6.07) is 9.35. The van der Waals surface area contributed by atoms with E-state index < -0.39 is 23.0 Å². The zero-order chi connectivity index (χ0) is 19.9. The Kier molecular flexibility index (Phi) is 4.61. The summed E-state index contributed by atoms with van der Waals surface area (Å²) in [4.78, 5) is 42.0. The van der Waals surface area contributed by atoms with Crippen LogP contribution in [0.2, 0.25) is 0 Å². The number of fused-ring (bicyclic) bond motifs is 1. The van der Waals surface area contributed by atoms with E-state index in [2.05, 4.69) is 4.98 Å². The smallest absolute Gasteiger partial charge is 0.329 e. The van der Waals surface area contributed by atoms with Gasteiger partial charge in [0.25, 0.3) is 11.5 Å². The summed E-state index contributed by atoms with van der Waals surface area (Å²) in [5.41, 5.74) is 4.73. The largest absolute Gasteiger partial charge is 0.480 e. The van der Waals surface area contributed by atoms with Crippen molar-refractivity contribution >= 4 is 33.4 Å². The van der Waals surface area contributed by atoms with Gasteiger partial charge < -0.3 is 10.8 Å². The first-order valence-corrected chi connectivity index (χ1v) is 9.09. The van der Waals surface area contributed by atoms with Gasteiger partial charge in [0.15, 0.2) is 0 Å². The molecule has 0 radical (unpaired) electrons. The summed E-state index contributed by atoms with van der Waals surface area (Å²) in [5.74, 6) is -1.46. The van der Waals surface area contributed by atoms with Crippen molar-refractivity contribution in [3.63, 3.8) is 0 Å². The second-order valence-electron chi connectivity index (χ2n) is 6.80. The minimum atomic E-state index is -1.51. The number of carboxylic acid groups (broad SMARTS) is 1. The minimum absolute atomic E-state index is 0.236. The fraction of sp³-hybridized carbons (Fsp3) is 0.263. The molecule has 27 heavy (non-hydrogen) atoms. The van der Waals surface area contributed by atoms with Crippen LogP contribution < -0.4 is 11.3 Å². The number of carbonyl (C=O) groups excluding carboxylic acids is 1. The first-order valence-electron chi connectivity index (χ1n) is 8.27. The summed E-state index contributed by atoms with van der Waals surface area (Å²) in [6.07, 6.45) is 0.283. The van der Waals surface area contributed by atoms with Gasteiger partial charge in [0.2, 0.25) is 0 Å². The van der Waals surface area contributed by atoms with Gasteiger partial charge in [-0.25, -0.2) is 9.78 Å². The molecule has 2 aromatic heterocycles. The van der Waals surface area contributed by atoms with Gasteiger partial charge in [0, 0.05) is 6.42 Å². The van der Waals surface area contributed by atoms with Crippen molar-refractivity contribution in [1.82, 2.24) is 9.55 Å². The van der Waals surface area contributed by atoms with Crippen molar-refractivity contribution in [2.75, 3.05) is 0 Å². The average molecular weight is 385 g/mol. The number of nitrogens with zero attached hydrogens (tertiary/aromatic N) is 2. The SMILES string of the molecule is Cc1c(C(N)=O)sc2nc(Cc3ccccc3)n(C(C)(C)C(=O)O)c(=O)c12. The molecule has 0 spiro atoms. The number of hydrogen-bond donors (Lipinski definition) is 2. The lowest BCUT2D eigenvalue weighted by atomic mass is 10.0. The second kappa shape index (κ2) is 6.62. The maximum absolute atomic E-state index is 13.3. The summed E-state index contributed by atoms with van der Waals surface area (Å²) in [7, 11) is 0. The normalized spacial score (nSPS) is 11.7. The minimum Gasteiger partial charge on any atom is -0.480 e. The molecule has 0 aliphatic heterocycles. The van der Waals surface area contributed by atoms with Crippen LogP contribution >= 0.6 is 11.3 Å². The maximum atomic E-state index is 13.3. The number of aromatic nitrogens is 2. The Labute approximate surface area is 159 Å². The molecule has 0 saturated heterocycles. The molecule has 0 bridgehead atoms. The summed E-state index contributed by atoms with van der Waals surface area (Å²) < 4.78 is 1.20. The number of carboxylic acids is 1. The van der Waals surface area contributed by atoms with Gasteiger partial charge in [0.1, 0.15) is 16.2 Å². The first-order chi connectivity index (χ1) is 12.6. The van der Waals surface area contributed by atoms with E-state index in [0.29, 0.717) is 16.2 Å². The fourth-order valence-corrected chi connectivity index (χ4v) is 4.07. The summed E-state index contributed by atoms with van der Waals surface area (Å²) in [6.45, 7) is 4.53. The molecule has 1 amide bonds. The van der Waals surface area contributed by atoms with Crippen molar-refractivity contribution in [1.29, 1.82) is 0 Å². The van der Waals surface area contributed by atoms with Crippen LogP contribution in [0.5, 0.6) is 0 Å². The predicted molar refractivity (Wildman–Crippen MR) is 103 cm³/mol. The molecule has 0 fully saturated rings. The molecule has 3 rings (SSSR count). The van der Waals surface area contributed by atoms with Gasteiger partial charge in [-0.1, -0.05) is 30.3 Å². The van der Waals surface area contributed by atoms with Crippen LogP contribution in [0, 0.1) is 6.92 Å². The van der Waals surface area contributed by atoms with Crippen molar-refractivity contribution in [3.8, 4) is 0 Å². The number of rotatable bonds is 5. The Morgan fingerprint density at radius 1 is 1.26 bits per heavy atom. The highest BCUT2D eigenvalue weighted by Crippen LogP contribution is 2.29. The maximum Gasteiger partial charge on any atom is 0.329 e. The Morgan fingerprint density at radius 2 is 1.89 bits per heavy atom. The van der Waals surface area contributed by atoms with Gasteiger partial charge in [0.05, 0.1) is 10.3 Å². The van der Waals surface area contributed by atoms with E-state index in [1.54, 1.807) is 6.92 Å². The standard InChI is InChI=1S/C19H19N3O4S/c1-10-13-16(27-14(10)15(20)23)21-12(9-11-7-5-4-6-8-11)22(17(13)24)19(2,3)18(25)26/h4-8H,9H2,1-3H3,(H2,20,23)(H,25,26). The van der Waals surface area contributed by atoms with Gasteiger partial charge in [-0.15, -0.1) is 11.3 Å². The van der Waals surface area contributed by atoms with Crippen LogP contribution in [0.1, 0.15) is 40.5 Å². The highest BCUT2D eigenvalue weighted by molar-refractivity contribution is 7.20. The number of thiophene rings is 1. The van der Waals surface area contributed by atoms with Crippen molar-refractivity contribution < 1.29 is 14.7 Å². The van der Waals surface area contributed by atoms with E-state index in [-0.39, 0.29) is 16.7 Å². The predicted octanol–water partition coefficient (Wildman–Crippen LogP) is 2.28. The molecule has 2 heterocycles. The lowest BCUT2D eigenvalue weighted by Gasteiger charge is -2.25. The Hall–Kier alpha value is -3.00. The van der Waals surface area contributed by atoms with E-state index in [0.717, 1.165) is 16.9 Å². The topological polar surface area (TPSA) is 115 Å². The molecule has 140 valence electrons. The lowest BCUT2D eigenvalue weighted by Crippen LogP contribution is -2.45. The van der Waals surface area contributed by atoms with Crippen LogP contribution in [-0.2, 0) is 16.8 Å². The lowest BCUT2D eigenvalue weighted by molar-refractivity contribution is -0.146. The average Bonchev–Trinajstić information content (AvgIpc) is 2.92. The molecule has 8 heteroatoms. The third-order valence-electron chi connectivity index (χ3n) is 4.55. The van der Waals surface area contributed by atoms with Gasteiger partial charge >= 0.3 is 5.97 Å². The summed E-state index contributed by atoms with van der Waals surface area (Å²) >= 11 is 1.05. The van der Waals surface area contributed by atoms with Gasteiger partial charge in [-0.05, 0) is 31.9 Å². The molecular weight excluding hydrogens is 366 g/mol. The third kappa shape index (κ3) is 3.12. The molecule has 0 aliphatic rings. The van der Waals surface area contributed by atoms with Crippen molar-refractivity contribution in [2.45, 2.75) is 32.7 Å². The van der Waals surface area contributed by atoms with E-state index in [1.165, 1.54) is 18.4 Å². The fourth-order valence-electron chi connectivity index (χ4n) is 3.03. The van der Waals surface area contributed by atoms with Crippen LogP contribution in [0.15, 0.2) is 35.1 Å². The molecule has 0 saturated carbocycles. The Morgan fingerprint density at radius 3 is 2.44 bits per heavy atom. The van der Waals surface area contributed by atoms with Crippen molar-refractivity contribution in [2.24, 2.45) is 5.73 Å². The van der Waals surface area contributed by atoms with E-state index in [1.807, 2.05) is 30.3 Å². The second-order valence-corrected chi connectivity index (χ2v) is 7.79. The van der Waals surface area contributed by atoms with E-state index in [9.17, 15) is 19.5 Å². The van der Waals surface area contributed by atoms with E-state index in [4.69, 9.17) is 5.73 Å². The zero-order valence-corrected chi connectivity index (χ0v) is 16.0. The van der Waals surface area contributed by atoms with Gasteiger partial charge in [-0.3, -0.25) is 14.2 Å². The number of carbonyl (C=O) groups is 2. The first kappa shape index (κ1) is 18.8. The van der Waals surface area contributed by atoms with Crippen LogP contribution in [0.3, 0.4) is 0 Å². The molecule has 0 unspecified atom stereocenters. The monoisotopic (exact) mass is 385 g/mol. The number of aryl methyl sites for hydroxylation is 1. The van der Waals surface area contributed by atoms with Crippen LogP contribution in [0.25, 0.3) is 10.2 Å². The van der Waals surface area contributed by atoms with Crippen molar-refractivity contribution in [3.05, 3.63) is 62.5 Å². The zero-order valence-electron chi connectivity index (χ0n) is 15.1. The molecular formula is C19H19N3O4S.